The van der Waals surface area contributed by atoms with Gasteiger partial charge in [0.15, 0.2) is 24.0 Å². The Kier molecular flexibility index (Phi) is 6.93. The van der Waals surface area contributed by atoms with Crippen molar-refractivity contribution in [3.63, 3.8) is 0 Å². The molecule has 0 atom stereocenters. The molecule has 0 radical (unpaired) electrons. The minimum absolute atomic E-state index is 0.0102. The third kappa shape index (κ3) is 5.34. The number of hydrogen-bond acceptors (Lipinski definition) is 6. The van der Waals surface area contributed by atoms with E-state index >= 15 is 0 Å². The van der Waals surface area contributed by atoms with Crippen LogP contribution in [0, 0.1) is 18.6 Å². The highest BCUT2D eigenvalue weighted by molar-refractivity contribution is 5.93. The van der Waals surface area contributed by atoms with Gasteiger partial charge in [0.1, 0.15) is 0 Å². The van der Waals surface area contributed by atoms with Crippen molar-refractivity contribution in [1.29, 1.82) is 0 Å². The second kappa shape index (κ2) is 9.82. The van der Waals surface area contributed by atoms with Gasteiger partial charge in [-0.25, -0.2) is 13.6 Å². The molecule has 0 spiro atoms. The van der Waals surface area contributed by atoms with Gasteiger partial charge in [-0.2, -0.15) is 9.78 Å². The van der Waals surface area contributed by atoms with Gasteiger partial charge in [0.05, 0.1) is 18.4 Å². The average Bonchev–Trinajstić information content (AvgIpc) is 2.76. The number of carbonyl (C=O) groups excluding carboxylic acids is 2. The van der Waals surface area contributed by atoms with Crippen LogP contribution in [0.25, 0.3) is 5.69 Å². The number of amides is 1. The Balaban J connectivity index is 1.84. The Morgan fingerprint density at radius 2 is 1.78 bits per heavy atom. The largest absolute Gasteiger partial charge is 0.481 e. The second-order valence-electron chi connectivity index (χ2n) is 6.63. The molecule has 8 nitrogen and oxygen atoms in total. The number of nitrogens with one attached hydrogen (secondary N) is 1. The van der Waals surface area contributed by atoms with Crippen LogP contribution in [0.5, 0.6) is 5.75 Å². The number of esters is 1. The van der Waals surface area contributed by atoms with E-state index in [9.17, 15) is 23.2 Å². The number of anilines is 1. The molecule has 3 rings (SSSR count). The Labute approximate surface area is 181 Å². The zero-order chi connectivity index (χ0) is 23.3. The highest BCUT2D eigenvalue weighted by atomic mass is 19.2. The summed E-state index contributed by atoms with van der Waals surface area (Å²) in [5, 5.41) is 6.38. The van der Waals surface area contributed by atoms with Gasteiger partial charge in [-0.15, -0.1) is 0 Å². The molecule has 1 heterocycles. The number of benzene rings is 2. The summed E-state index contributed by atoms with van der Waals surface area (Å²) in [5.41, 5.74) is 0.509. The first kappa shape index (κ1) is 22.6. The minimum Gasteiger partial charge on any atom is -0.481 e. The van der Waals surface area contributed by atoms with Gasteiger partial charge in [0.25, 0.3) is 11.5 Å². The first-order chi connectivity index (χ1) is 15.3. The number of aromatic nitrogens is 2. The Bertz CT molecular complexity index is 1210. The van der Waals surface area contributed by atoms with Crippen molar-refractivity contribution >= 4 is 17.6 Å². The van der Waals surface area contributed by atoms with Crippen LogP contribution < -0.4 is 15.6 Å². The fourth-order valence-electron chi connectivity index (χ4n) is 2.68. The highest BCUT2D eigenvalue weighted by Gasteiger charge is 2.20. The van der Waals surface area contributed by atoms with Crippen molar-refractivity contribution in [1.82, 2.24) is 9.78 Å². The number of halogens is 2. The van der Waals surface area contributed by atoms with Crippen LogP contribution in [0.1, 0.15) is 23.0 Å². The van der Waals surface area contributed by atoms with Crippen LogP contribution in [-0.4, -0.2) is 34.9 Å². The molecule has 0 saturated heterocycles. The standard InChI is InChI=1S/C22H19F2N3O5/c1-3-31-22(30)21-18(11-20(29)27(26-21)15-7-4-13(2)5-8-15)32-12-19(28)25-14-6-9-16(23)17(24)10-14/h4-11H,3,12H2,1-2H3,(H,25,28). The molecule has 10 heteroatoms. The molecule has 32 heavy (non-hydrogen) atoms. The quantitative estimate of drug-likeness (QED) is 0.564. The topological polar surface area (TPSA) is 99.5 Å². The smallest absolute Gasteiger partial charge is 0.362 e. The van der Waals surface area contributed by atoms with E-state index in [1.165, 1.54) is 6.07 Å². The molecular weight excluding hydrogens is 424 g/mol. The van der Waals surface area contributed by atoms with Gasteiger partial charge in [0.2, 0.25) is 5.69 Å². The van der Waals surface area contributed by atoms with E-state index in [0.29, 0.717) is 5.69 Å². The summed E-state index contributed by atoms with van der Waals surface area (Å²) in [4.78, 5) is 37.0. The van der Waals surface area contributed by atoms with Crippen LogP contribution >= 0.6 is 0 Å². The van der Waals surface area contributed by atoms with E-state index in [-0.39, 0.29) is 23.7 Å². The summed E-state index contributed by atoms with van der Waals surface area (Å²) in [7, 11) is 0. The zero-order valence-corrected chi connectivity index (χ0v) is 17.2. The van der Waals surface area contributed by atoms with Crippen LogP contribution in [0.3, 0.4) is 0 Å². The lowest BCUT2D eigenvalue weighted by Gasteiger charge is -2.13. The number of carbonyl (C=O) groups is 2. The maximum atomic E-state index is 13.3. The van der Waals surface area contributed by atoms with Gasteiger partial charge in [-0.3, -0.25) is 9.59 Å². The lowest BCUT2D eigenvalue weighted by atomic mass is 10.2. The van der Waals surface area contributed by atoms with Crippen molar-refractivity contribution in [2.75, 3.05) is 18.5 Å². The number of aryl methyl sites for hydroxylation is 1. The lowest BCUT2D eigenvalue weighted by Crippen LogP contribution is -2.27. The molecule has 0 saturated carbocycles. The normalized spacial score (nSPS) is 10.5. The summed E-state index contributed by atoms with van der Waals surface area (Å²) >= 11 is 0. The molecular formula is C22H19F2N3O5. The van der Waals surface area contributed by atoms with Gasteiger partial charge < -0.3 is 14.8 Å². The van der Waals surface area contributed by atoms with Crippen molar-refractivity contribution in [2.24, 2.45) is 0 Å². The number of hydrogen-bond donors (Lipinski definition) is 1. The fraction of sp³-hybridized carbons (Fsp3) is 0.182. The fourth-order valence-corrected chi connectivity index (χ4v) is 2.68. The molecule has 166 valence electrons. The third-order valence-corrected chi connectivity index (χ3v) is 4.21. The van der Waals surface area contributed by atoms with Crippen LogP contribution in [0.2, 0.25) is 0 Å². The van der Waals surface area contributed by atoms with Crippen LogP contribution in [0.4, 0.5) is 14.5 Å². The minimum atomic E-state index is -1.13. The number of ether oxygens (including phenoxy) is 2. The first-order valence-corrected chi connectivity index (χ1v) is 9.54. The molecule has 0 aliphatic heterocycles. The third-order valence-electron chi connectivity index (χ3n) is 4.21. The SMILES string of the molecule is CCOC(=O)c1nn(-c2ccc(C)cc2)c(=O)cc1OCC(=O)Nc1ccc(F)c(F)c1. The Hall–Kier alpha value is -4.08. The van der Waals surface area contributed by atoms with E-state index in [2.05, 4.69) is 10.4 Å². The van der Waals surface area contributed by atoms with Crippen LogP contribution in [-0.2, 0) is 9.53 Å². The maximum absolute atomic E-state index is 13.3. The molecule has 1 N–H and O–H groups in total. The molecule has 0 unspecified atom stereocenters. The predicted molar refractivity (Wildman–Crippen MR) is 111 cm³/mol. The average molecular weight is 443 g/mol. The van der Waals surface area contributed by atoms with Gasteiger partial charge in [0, 0.05) is 11.8 Å². The number of rotatable bonds is 7. The van der Waals surface area contributed by atoms with E-state index in [4.69, 9.17) is 9.47 Å². The molecule has 2 aromatic carbocycles. The monoisotopic (exact) mass is 443 g/mol. The van der Waals surface area contributed by atoms with E-state index in [1.54, 1.807) is 31.2 Å². The van der Waals surface area contributed by atoms with Gasteiger partial charge >= 0.3 is 5.97 Å². The molecule has 0 aliphatic carbocycles. The molecule has 1 aromatic heterocycles. The molecule has 0 bridgehead atoms. The van der Waals surface area contributed by atoms with Crippen molar-refractivity contribution in [3.8, 4) is 11.4 Å². The summed E-state index contributed by atoms with van der Waals surface area (Å²) in [6.45, 7) is 2.91. The van der Waals surface area contributed by atoms with Gasteiger partial charge in [-0.05, 0) is 38.1 Å². The van der Waals surface area contributed by atoms with E-state index < -0.39 is 35.7 Å². The first-order valence-electron chi connectivity index (χ1n) is 9.54. The Morgan fingerprint density at radius 1 is 1.06 bits per heavy atom. The molecule has 0 aliphatic rings. The summed E-state index contributed by atoms with van der Waals surface area (Å²) in [6, 6.07) is 10.7. The molecule has 3 aromatic rings. The van der Waals surface area contributed by atoms with E-state index in [1.807, 2.05) is 6.92 Å². The molecule has 1 amide bonds. The highest BCUT2D eigenvalue weighted by Crippen LogP contribution is 2.17. The van der Waals surface area contributed by atoms with E-state index in [0.717, 1.165) is 28.4 Å². The summed E-state index contributed by atoms with van der Waals surface area (Å²) in [5.74, 6) is -4.01. The number of nitrogens with zero attached hydrogens (tertiary/aromatic N) is 2. The maximum Gasteiger partial charge on any atom is 0.362 e. The zero-order valence-electron chi connectivity index (χ0n) is 17.2. The van der Waals surface area contributed by atoms with Gasteiger partial charge in [-0.1, -0.05) is 17.7 Å². The summed E-state index contributed by atoms with van der Waals surface area (Å²) < 4.78 is 37.6. The summed E-state index contributed by atoms with van der Waals surface area (Å²) in [6.07, 6.45) is 0. The lowest BCUT2D eigenvalue weighted by molar-refractivity contribution is -0.118. The molecule has 0 fully saturated rings. The van der Waals surface area contributed by atoms with Crippen molar-refractivity contribution < 1.29 is 27.8 Å². The van der Waals surface area contributed by atoms with Crippen molar-refractivity contribution in [3.05, 3.63) is 81.8 Å². The Morgan fingerprint density at radius 3 is 2.44 bits per heavy atom. The predicted octanol–water partition coefficient (Wildman–Crippen LogP) is 3.01. The van der Waals surface area contributed by atoms with Crippen LogP contribution in [0.15, 0.2) is 53.3 Å². The van der Waals surface area contributed by atoms with Crippen molar-refractivity contribution in [2.45, 2.75) is 13.8 Å². The second-order valence-corrected chi connectivity index (χ2v) is 6.63.